The molecular weight excluding hydrogens is 358 g/mol. The molecule has 27 heavy (non-hydrogen) atoms. The van der Waals surface area contributed by atoms with Gasteiger partial charge in [-0.05, 0) is 24.3 Å². The molecule has 4 rings (SSSR count). The van der Waals surface area contributed by atoms with Crippen LogP contribution < -0.4 is 10.2 Å². The van der Waals surface area contributed by atoms with Crippen molar-refractivity contribution in [3.05, 3.63) is 47.7 Å². The number of piperidine rings is 1. The number of hydrogen-bond acceptors (Lipinski definition) is 6. The standard InChI is InChI=1S/C18H18F2N4O3/c19-12-2-1-3-13(20)16(12)21-17(25)14-4-5-15(23-22-14)24-8-6-18(7-9-24)26-10-11-27-18/h1-5H,6-11H2,(H,21,25). The van der Waals surface area contributed by atoms with E-state index in [1.54, 1.807) is 6.07 Å². The van der Waals surface area contributed by atoms with Crippen molar-refractivity contribution >= 4 is 17.4 Å². The first-order valence-electron chi connectivity index (χ1n) is 8.68. The van der Waals surface area contributed by atoms with E-state index in [-0.39, 0.29) is 5.69 Å². The Bertz CT molecular complexity index is 811. The average Bonchev–Trinajstić information content (AvgIpc) is 3.13. The normalized spacial score (nSPS) is 18.7. The molecule has 1 amide bonds. The first-order valence-corrected chi connectivity index (χ1v) is 8.68. The van der Waals surface area contributed by atoms with Gasteiger partial charge < -0.3 is 19.7 Å². The van der Waals surface area contributed by atoms with E-state index in [2.05, 4.69) is 15.5 Å². The zero-order chi connectivity index (χ0) is 18.9. The predicted octanol–water partition coefficient (Wildman–Crippen LogP) is 2.35. The van der Waals surface area contributed by atoms with E-state index >= 15 is 0 Å². The third kappa shape index (κ3) is 3.60. The van der Waals surface area contributed by atoms with Crippen LogP contribution in [0.5, 0.6) is 0 Å². The highest BCUT2D eigenvalue weighted by Crippen LogP contribution is 2.32. The number of rotatable bonds is 3. The van der Waals surface area contributed by atoms with Crippen LogP contribution in [0, 0.1) is 11.6 Å². The summed E-state index contributed by atoms with van der Waals surface area (Å²) in [5.74, 6) is -2.30. The minimum atomic E-state index is -0.855. The van der Waals surface area contributed by atoms with E-state index in [4.69, 9.17) is 9.47 Å². The van der Waals surface area contributed by atoms with Crippen LogP contribution in [0.4, 0.5) is 20.3 Å². The molecule has 1 aromatic carbocycles. The topological polar surface area (TPSA) is 76.6 Å². The van der Waals surface area contributed by atoms with Gasteiger partial charge in [0.1, 0.15) is 17.3 Å². The number of carbonyl (C=O) groups is 1. The van der Waals surface area contributed by atoms with Crippen molar-refractivity contribution in [1.29, 1.82) is 0 Å². The van der Waals surface area contributed by atoms with E-state index in [1.165, 1.54) is 12.1 Å². The lowest BCUT2D eigenvalue weighted by molar-refractivity contribution is -0.169. The Balaban J connectivity index is 1.41. The Kier molecular flexibility index (Phi) is 4.71. The van der Waals surface area contributed by atoms with Crippen molar-refractivity contribution < 1.29 is 23.0 Å². The summed E-state index contributed by atoms with van der Waals surface area (Å²) in [7, 11) is 0. The number of nitrogens with one attached hydrogen (secondary N) is 1. The van der Waals surface area contributed by atoms with Crippen LogP contribution in [0.2, 0.25) is 0 Å². The predicted molar refractivity (Wildman–Crippen MR) is 92.4 cm³/mol. The molecule has 0 atom stereocenters. The molecule has 2 fully saturated rings. The lowest BCUT2D eigenvalue weighted by Crippen LogP contribution is -2.45. The summed E-state index contributed by atoms with van der Waals surface area (Å²) in [6, 6.07) is 6.49. The fourth-order valence-corrected chi connectivity index (χ4v) is 3.27. The highest BCUT2D eigenvalue weighted by atomic mass is 19.1. The van der Waals surface area contributed by atoms with Gasteiger partial charge in [-0.2, -0.15) is 0 Å². The van der Waals surface area contributed by atoms with E-state index in [9.17, 15) is 13.6 Å². The molecule has 1 spiro atoms. The van der Waals surface area contributed by atoms with Crippen molar-refractivity contribution in [3.63, 3.8) is 0 Å². The first kappa shape index (κ1) is 17.7. The molecule has 2 saturated heterocycles. The number of anilines is 2. The molecule has 1 N–H and O–H groups in total. The van der Waals surface area contributed by atoms with E-state index in [0.29, 0.717) is 32.1 Å². The molecule has 0 saturated carbocycles. The van der Waals surface area contributed by atoms with Gasteiger partial charge >= 0.3 is 0 Å². The molecule has 0 unspecified atom stereocenters. The molecule has 2 aliphatic rings. The SMILES string of the molecule is O=C(Nc1c(F)cccc1F)c1ccc(N2CCC3(CC2)OCCO3)nn1. The van der Waals surface area contributed by atoms with Gasteiger partial charge in [0.2, 0.25) is 0 Å². The van der Waals surface area contributed by atoms with Gasteiger partial charge in [-0.25, -0.2) is 8.78 Å². The Morgan fingerprint density at radius 2 is 1.70 bits per heavy atom. The lowest BCUT2D eigenvalue weighted by Gasteiger charge is -2.37. The van der Waals surface area contributed by atoms with Crippen molar-refractivity contribution in [1.82, 2.24) is 10.2 Å². The quantitative estimate of drug-likeness (QED) is 0.886. The Morgan fingerprint density at radius 1 is 1.04 bits per heavy atom. The van der Waals surface area contributed by atoms with Crippen LogP contribution in [0.25, 0.3) is 0 Å². The molecule has 2 aliphatic heterocycles. The summed E-state index contributed by atoms with van der Waals surface area (Å²) in [4.78, 5) is 14.2. The average molecular weight is 376 g/mol. The number of nitrogens with zero attached hydrogens (tertiary/aromatic N) is 3. The first-order chi connectivity index (χ1) is 13.1. The van der Waals surface area contributed by atoms with Crippen LogP contribution in [-0.2, 0) is 9.47 Å². The van der Waals surface area contributed by atoms with Gasteiger partial charge in [0.05, 0.1) is 13.2 Å². The van der Waals surface area contributed by atoms with Gasteiger partial charge in [-0.15, -0.1) is 10.2 Å². The van der Waals surface area contributed by atoms with Gasteiger partial charge in [-0.1, -0.05) is 6.07 Å². The second-order valence-corrected chi connectivity index (χ2v) is 6.42. The smallest absolute Gasteiger partial charge is 0.276 e. The highest BCUT2D eigenvalue weighted by Gasteiger charge is 2.40. The third-order valence-electron chi connectivity index (χ3n) is 4.75. The summed E-state index contributed by atoms with van der Waals surface area (Å²) >= 11 is 0. The van der Waals surface area contributed by atoms with Gasteiger partial charge in [-0.3, -0.25) is 4.79 Å². The number of benzene rings is 1. The summed E-state index contributed by atoms with van der Waals surface area (Å²) in [6.45, 7) is 2.62. The van der Waals surface area contributed by atoms with Crippen LogP contribution in [0.1, 0.15) is 23.3 Å². The number of ether oxygens (including phenoxy) is 2. The molecule has 142 valence electrons. The molecule has 3 heterocycles. The lowest BCUT2D eigenvalue weighted by atomic mass is 10.0. The number of hydrogen-bond donors (Lipinski definition) is 1. The van der Waals surface area contributed by atoms with Gasteiger partial charge in [0.25, 0.3) is 5.91 Å². The van der Waals surface area contributed by atoms with Crippen molar-refractivity contribution in [2.45, 2.75) is 18.6 Å². The number of para-hydroxylation sites is 1. The van der Waals surface area contributed by atoms with Gasteiger partial charge in [0, 0.05) is 25.9 Å². The van der Waals surface area contributed by atoms with Crippen LogP contribution >= 0.6 is 0 Å². The molecule has 1 aromatic heterocycles. The number of aromatic nitrogens is 2. The van der Waals surface area contributed by atoms with E-state index in [0.717, 1.165) is 25.0 Å². The van der Waals surface area contributed by atoms with Crippen LogP contribution in [0.15, 0.2) is 30.3 Å². The zero-order valence-electron chi connectivity index (χ0n) is 14.5. The second kappa shape index (κ2) is 7.16. The maximum atomic E-state index is 13.6. The monoisotopic (exact) mass is 376 g/mol. The maximum Gasteiger partial charge on any atom is 0.276 e. The van der Waals surface area contributed by atoms with Crippen molar-refractivity contribution in [3.8, 4) is 0 Å². The zero-order valence-corrected chi connectivity index (χ0v) is 14.5. The Labute approximate surface area is 154 Å². The summed E-state index contributed by atoms with van der Waals surface area (Å²) in [5.41, 5.74) is -0.538. The van der Waals surface area contributed by atoms with Crippen molar-refractivity contribution in [2.75, 3.05) is 36.5 Å². The number of carbonyl (C=O) groups excluding carboxylic acids is 1. The van der Waals surface area contributed by atoms with Crippen LogP contribution in [-0.4, -0.2) is 48.2 Å². The Hall–Kier alpha value is -2.65. The third-order valence-corrected chi connectivity index (χ3v) is 4.75. The summed E-state index contributed by atoms with van der Waals surface area (Å²) < 4.78 is 38.7. The molecule has 7 nitrogen and oxygen atoms in total. The number of amides is 1. The molecule has 2 aromatic rings. The van der Waals surface area contributed by atoms with E-state index in [1.807, 2.05) is 4.90 Å². The molecule has 9 heteroatoms. The van der Waals surface area contributed by atoms with E-state index < -0.39 is 29.0 Å². The second-order valence-electron chi connectivity index (χ2n) is 6.42. The molecule has 0 aliphatic carbocycles. The highest BCUT2D eigenvalue weighted by molar-refractivity contribution is 6.02. The molecular formula is C18H18F2N4O3. The van der Waals surface area contributed by atoms with Crippen molar-refractivity contribution in [2.24, 2.45) is 0 Å². The summed E-state index contributed by atoms with van der Waals surface area (Å²) in [5, 5.41) is 10.1. The fourth-order valence-electron chi connectivity index (χ4n) is 3.27. The van der Waals surface area contributed by atoms with Crippen LogP contribution in [0.3, 0.4) is 0 Å². The summed E-state index contributed by atoms with van der Waals surface area (Å²) in [6.07, 6.45) is 1.45. The fraction of sp³-hybridized carbons (Fsp3) is 0.389. The minimum Gasteiger partial charge on any atom is -0.355 e. The molecule has 0 bridgehead atoms. The largest absolute Gasteiger partial charge is 0.355 e. The minimum absolute atomic E-state index is 0.0302. The Morgan fingerprint density at radius 3 is 2.30 bits per heavy atom. The maximum absolute atomic E-state index is 13.6. The van der Waals surface area contributed by atoms with Gasteiger partial charge in [0.15, 0.2) is 17.3 Å². The number of halogens is 2. The molecule has 0 radical (unpaired) electrons.